The Morgan fingerprint density at radius 3 is 2.71 bits per heavy atom. The van der Waals surface area contributed by atoms with Gasteiger partial charge in [-0.05, 0) is 25.8 Å². The number of piperidine rings is 1. The molecule has 0 unspecified atom stereocenters. The average Bonchev–Trinajstić information content (AvgIpc) is 2.71. The predicted octanol–water partition coefficient (Wildman–Crippen LogP) is 1.66. The highest BCUT2D eigenvalue weighted by Crippen LogP contribution is 2.20. The molecule has 4 nitrogen and oxygen atoms in total. The molecule has 4 heteroatoms. The largest absolute Gasteiger partial charge is 0.465 e. The first-order valence-corrected chi connectivity index (χ1v) is 6.26. The van der Waals surface area contributed by atoms with E-state index in [4.69, 9.17) is 14.9 Å². The van der Waals surface area contributed by atoms with Gasteiger partial charge in [-0.2, -0.15) is 0 Å². The van der Waals surface area contributed by atoms with E-state index in [0.29, 0.717) is 12.6 Å². The average molecular weight is 238 g/mol. The van der Waals surface area contributed by atoms with Gasteiger partial charge in [-0.15, -0.1) is 0 Å². The van der Waals surface area contributed by atoms with E-state index in [0.717, 1.165) is 44.0 Å². The number of furan rings is 1. The predicted molar refractivity (Wildman–Crippen MR) is 66.6 cm³/mol. The molecule has 0 atom stereocenters. The lowest BCUT2D eigenvalue weighted by atomic mass is 10.1. The first-order chi connectivity index (χ1) is 8.22. The van der Waals surface area contributed by atoms with Crippen LogP contribution in [0.15, 0.2) is 10.5 Å². The molecule has 0 bridgehead atoms. The van der Waals surface area contributed by atoms with Crippen LogP contribution in [0.3, 0.4) is 0 Å². The van der Waals surface area contributed by atoms with Crippen LogP contribution >= 0.6 is 0 Å². The summed E-state index contributed by atoms with van der Waals surface area (Å²) < 4.78 is 10.9. The summed E-state index contributed by atoms with van der Waals surface area (Å²) in [5, 5.41) is 0. The Bertz CT molecular complexity index is 354. The Labute approximate surface area is 103 Å². The van der Waals surface area contributed by atoms with Crippen LogP contribution in [0.1, 0.15) is 29.9 Å². The normalized spacial score (nSPS) is 18.8. The van der Waals surface area contributed by atoms with Gasteiger partial charge in [0, 0.05) is 32.3 Å². The van der Waals surface area contributed by atoms with Gasteiger partial charge in [-0.3, -0.25) is 4.90 Å². The molecular weight excluding hydrogens is 216 g/mol. The van der Waals surface area contributed by atoms with E-state index in [1.54, 1.807) is 7.11 Å². The third kappa shape index (κ3) is 3.09. The van der Waals surface area contributed by atoms with Gasteiger partial charge in [0.05, 0.1) is 12.6 Å². The second-order valence-corrected chi connectivity index (χ2v) is 4.71. The summed E-state index contributed by atoms with van der Waals surface area (Å²) in [7, 11) is 1.80. The van der Waals surface area contributed by atoms with Crippen LogP contribution < -0.4 is 5.73 Å². The summed E-state index contributed by atoms with van der Waals surface area (Å²) in [5.41, 5.74) is 6.84. The number of rotatable bonds is 4. The molecule has 0 aliphatic carbocycles. The van der Waals surface area contributed by atoms with E-state index in [1.165, 1.54) is 5.56 Å². The molecule has 17 heavy (non-hydrogen) atoms. The Morgan fingerprint density at radius 1 is 1.47 bits per heavy atom. The summed E-state index contributed by atoms with van der Waals surface area (Å²) in [6, 6.07) is 2.08. The lowest BCUT2D eigenvalue weighted by Crippen LogP contribution is -2.36. The molecule has 1 fully saturated rings. The Morgan fingerprint density at radius 2 is 2.18 bits per heavy atom. The molecule has 0 amide bonds. The standard InChI is InChI=1S/C13H22N2O2/c1-10-11(7-13(8-14)17-10)9-15-5-3-12(16-2)4-6-15/h7,12H,3-6,8-9,14H2,1-2H3. The van der Waals surface area contributed by atoms with Crippen LogP contribution in [-0.4, -0.2) is 31.2 Å². The topological polar surface area (TPSA) is 51.6 Å². The molecule has 1 aromatic rings. The molecule has 2 N–H and O–H groups in total. The lowest BCUT2D eigenvalue weighted by Gasteiger charge is -2.30. The molecular formula is C13H22N2O2. The lowest BCUT2D eigenvalue weighted by molar-refractivity contribution is 0.0387. The van der Waals surface area contributed by atoms with Gasteiger partial charge >= 0.3 is 0 Å². The van der Waals surface area contributed by atoms with Crippen molar-refractivity contribution in [3.8, 4) is 0 Å². The van der Waals surface area contributed by atoms with Gasteiger partial charge in [0.25, 0.3) is 0 Å². The molecule has 0 radical (unpaired) electrons. The first-order valence-electron chi connectivity index (χ1n) is 6.26. The number of nitrogens with zero attached hydrogens (tertiary/aromatic N) is 1. The summed E-state index contributed by atoms with van der Waals surface area (Å²) in [6.45, 7) is 5.65. The number of aryl methyl sites for hydroxylation is 1. The summed E-state index contributed by atoms with van der Waals surface area (Å²) in [4.78, 5) is 2.45. The SMILES string of the molecule is COC1CCN(Cc2cc(CN)oc2C)CC1. The van der Waals surface area contributed by atoms with Crippen molar-refractivity contribution in [2.75, 3.05) is 20.2 Å². The summed E-state index contributed by atoms with van der Waals surface area (Å²) >= 11 is 0. The van der Waals surface area contributed by atoms with Crippen molar-refractivity contribution in [3.05, 3.63) is 23.2 Å². The fourth-order valence-electron chi connectivity index (χ4n) is 2.39. The van der Waals surface area contributed by atoms with Crippen molar-refractivity contribution < 1.29 is 9.15 Å². The minimum atomic E-state index is 0.441. The van der Waals surface area contributed by atoms with E-state index in [9.17, 15) is 0 Å². The van der Waals surface area contributed by atoms with Crippen molar-refractivity contribution in [2.45, 2.75) is 39.0 Å². The highest BCUT2D eigenvalue weighted by atomic mass is 16.5. The fraction of sp³-hybridized carbons (Fsp3) is 0.692. The van der Waals surface area contributed by atoms with Gasteiger partial charge in [-0.1, -0.05) is 0 Å². The molecule has 2 heterocycles. The van der Waals surface area contributed by atoms with Crippen molar-refractivity contribution in [1.82, 2.24) is 4.90 Å². The number of methoxy groups -OCH3 is 1. The smallest absolute Gasteiger partial charge is 0.118 e. The quantitative estimate of drug-likeness (QED) is 0.866. The molecule has 1 aliphatic rings. The van der Waals surface area contributed by atoms with Crippen molar-refractivity contribution in [2.24, 2.45) is 5.73 Å². The maximum Gasteiger partial charge on any atom is 0.118 e. The van der Waals surface area contributed by atoms with E-state index >= 15 is 0 Å². The zero-order chi connectivity index (χ0) is 12.3. The summed E-state index contributed by atoms with van der Waals surface area (Å²) in [6.07, 6.45) is 2.69. The van der Waals surface area contributed by atoms with Crippen LogP contribution in [0.2, 0.25) is 0 Å². The van der Waals surface area contributed by atoms with Gasteiger partial charge in [0.1, 0.15) is 11.5 Å². The first kappa shape index (κ1) is 12.6. The zero-order valence-corrected chi connectivity index (χ0v) is 10.7. The number of hydrogen-bond donors (Lipinski definition) is 1. The molecule has 1 saturated heterocycles. The number of likely N-dealkylation sites (tertiary alicyclic amines) is 1. The number of ether oxygens (including phenoxy) is 1. The Kier molecular flexibility index (Phi) is 4.20. The molecule has 96 valence electrons. The van der Waals surface area contributed by atoms with Crippen LogP contribution in [0.4, 0.5) is 0 Å². The highest BCUT2D eigenvalue weighted by Gasteiger charge is 2.19. The van der Waals surface area contributed by atoms with E-state index in [1.807, 2.05) is 6.92 Å². The third-order valence-electron chi connectivity index (χ3n) is 3.53. The van der Waals surface area contributed by atoms with Crippen LogP contribution in [0.25, 0.3) is 0 Å². The maximum atomic E-state index is 5.58. The van der Waals surface area contributed by atoms with E-state index in [2.05, 4.69) is 11.0 Å². The third-order valence-corrected chi connectivity index (χ3v) is 3.53. The van der Waals surface area contributed by atoms with E-state index in [-0.39, 0.29) is 0 Å². The molecule has 0 saturated carbocycles. The number of hydrogen-bond acceptors (Lipinski definition) is 4. The maximum absolute atomic E-state index is 5.58. The minimum Gasteiger partial charge on any atom is -0.465 e. The van der Waals surface area contributed by atoms with Crippen molar-refractivity contribution in [3.63, 3.8) is 0 Å². The molecule has 0 spiro atoms. The zero-order valence-electron chi connectivity index (χ0n) is 10.7. The molecule has 2 rings (SSSR count). The van der Waals surface area contributed by atoms with Crippen LogP contribution in [0, 0.1) is 6.92 Å². The number of nitrogens with two attached hydrogens (primary N) is 1. The second kappa shape index (κ2) is 5.67. The van der Waals surface area contributed by atoms with Crippen molar-refractivity contribution >= 4 is 0 Å². The Balaban J connectivity index is 1.90. The second-order valence-electron chi connectivity index (χ2n) is 4.71. The minimum absolute atomic E-state index is 0.441. The van der Waals surface area contributed by atoms with Gasteiger partial charge < -0.3 is 14.9 Å². The fourth-order valence-corrected chi connectivity index (χ4v) is 2.39. The summed E-state index contributed by atoms with van der Waals surface area (Å²) in [5.74, 6) is 1.88. The highest BCUT2D eigenvalue weighted by molar-refractivity contribution is 5.20. The van der Waals surface area contributed by atoms with Crippen molar-refractivity contribution in [1.29, 1.82) is 0 Å². The van der Waals surface area contributed by atoms with Crippen LogP contribution in [-0.2, 0) is 17.8 Å². The molecule has 0 aromatic carbocycles. The van der Waals surface area contributed by atoms with Gasteiger partial charge in [0.2, 0.25) is 0 Å². The molecule has 1 aromatic heterocycles. The molecule has 1 aliphatic heterocycles. The monoisotopic (exact) mass is 238 g/mol. The van der Waals surface area contributed by atoms with Crippen LogP contribution in [0.5, 0.6) is 0 Å². The van der Waals surface area contributed by atoms with E-state index < -0.39 is 0 Å². The van der Waals surface area contributed by atoms with Gasteiger partial charge in [0.15, 0.2) is 0 Å². The Hall–Kier alpha value is -0.840. The van der Waals surface area contributed by atoms with Gasteiger partial charge in [-0.25, -0.2) is 0 Å².